The Hall–Kier alpha value is -3.11. The van der Waals surface area contributed by atoms with Gasteiger partial charge in [-0.05, 0) is 23.4 Å². The number of pyridine rings is 1. The first-order valence-corrected chi connectivity index (χ1v) is 9.04. The molecule has 0 aliphatic heterocycles. The van der Waals surface area contributed by atoms with Crippen LogP contribution < -0.4 is 10.3 Å². The van der Waals surface area contributed by atoms with Crippen LogP contribution in [0.5, 0.6) is 5.88 Å². The van der Waals surface area contributed by atoms with Crippen molar-refractivity contribution in [2.24, 2.45) is 0 Å². The summed E-state index contributed by atoms with van der Waals surface area (Å²) in [6.07, 6.45) is 3.99. The molecule has 7 heteroatoms. The molecule has 0 atom stereocenters. The molecule has 0 aliphatic carbocycles. The maximum absolute atomic E-state index is 12.1. The molecule has 1 aromatic carbocycles. The number of methoxy groups -OCH3 is 1. The second kappa shape index (κ2) is 7.85. The molecule has 3 rings (SSSR count). The summed E-state index contributed by atoms with van der Waals surface area (Å²) in [5.74, 6) is 1.07. The van der Waals surface area contributed by atoms with Crippen LogP contribution >= 0.6 is 11.8 Å². The fraction of sp³-hybridized carbons (Fsp3) is 0.158. The van der Waals surface area contributed by atoms with E-state index in [9.17, 15) is 4.79 Å². The number of nitriles is 1. The predicted octanol–water partition coefficient (Wildman–Crippen LogP) is 3.02. The van der Waals surface area contributed by atoms with Gasteiger partial charge in [0.2, 0.25) is 5.88 Å². The molecule has 0 aliphatic rings. The number of nitrogens with zero attached hydrogens (tertiary/aromatic N) is 3. The molecule has 2 heterocycles. The molecule has 6 nitrogen and oxygen atoms in total. The van der Waals surface area contributed by atoms with Crippen LogP contribution in [0.25, 0.3) is 11.1 Å². The minimum absolute atomic E-state index is 0.0499. The van der Waals surface area contributed by atoms with E-state index in [1.165, 1.54) is 11.8 Å². The van der Waals surface area contributed by atoms with Crippen LogP contribution in [0, 0.1) is 11.3 Å². The van der Waals surface area contributed by atoms with E-state index in [0.717, 1.165) is 16.7 Å². The molecule has 3 aromatic rings. The number of H-pyrrole nitrogens is 1. The molecule has 26 heavy (non-hydrogen) atoms. The van der Waals surface area contributed by atoms with Crippen molar-refractivity contribution in [1.82, 2.24) is 15.0 Å². The maximum atomic E-state index is 12.1. The first-order valence-electron chi connectivity index (χ1n) is 7.82. The molecule has 0 amide bonds. The van der Waals surface area contributed by atoms with Gasteiger partial charge in [-0.2, -0.15) is 5.26 Å². The molecule has 0 bridgehead atoms. The van der Waals surface area contributed by atoms with E-state index in [-0.39, 0.29) is 5.56 Å². The van der Waals surface area contributed by atoms with E-state index in [0.29, 0.717) is 23.2 Å². The summed E-state index contributed by atoms with van der Waals surface area (Å²) in [6.45, 7) is 0. The van der Waals surface area contributed by atoms with Gasteiger partial charge in [0.15, 0.2) is 0 Å². The first kappa shape index (κ1) is 17.7. The van der Waals surface area contributed by atoms with Gasteiger partial charge in [-0.25, -0.2) is 9.97 Å². The molecule has 130 valence electrons. The van der Waals surface area contributed by atoms with Gasteiger partial charge in [0.1, 0.15) is 22.5 Å². The van der Waals surface area contributed by atoms with E-state index < -0.39 is 5.56 Å². The number of hydrogen-bond acceptors (Lipinski definition) is 6. The number of hydrogen-bond donors (Lipinski definition) is 1. The van der Waals surface area contributed by atoms with Crippen LogP contribution in [0.1, 0.15) is 17.0 Å². The summed E-state index contributed by atoms with van der Waals surface area (Å²) >= 11 is 1.29. The number of rotatable bonds is 5. The molecule has 0 saturated heterocycles. The Kier molecular flexibility index (Phi) is 5.34. The third-order valence-electron chi connectivity index (χ3n) is 3.87. The third-order valence-corrected chi connectivity index (χ3v) is 4.55. The van der Waals surface area contributed by atoms with Crippen LogP contribution in [0.15, 0.2) is 52.4 Å². The Morgan fingerprint density at radius 3 is 2.73 bits per heavy atom. The van der Waals surface area contributed by atoms with E-state index in [1.54, 1.807) is 25.6 Å². The van der Waals surface area contributed by atoms with Gasteiger partial charge in [-0.15, -0.1) is 11.8 Å². The average Bonchev–Trinajstić information content (AvgIpc) is 2.68. The second-order valence-corrected chi connectivity index (χ2v) is 6.23. The van der Waals surface area contributed by atoms with E-state index in [2.05, 4.69) is 15.0 Å². The smallest absolute Gasteiger partial charge is 0.270 e. The summed E-state index contributed by atoms with van der Waals surface area (Å²) in [4.78, 5) is 23.5. The maximum Gasteiger partial charge on any atom is 0.270 e. The predicted molar refractivity (Wildman–Crippen MR) is 100 cm³/mol. The van der Waals surface area contributed by atoms with Gasteiger partial charge in [-0.1, -0.05) is 24.3 Å². The topological polar surface area (TPSA) is 91.7 Å². The van der Waals surface area contributed by atoms with Crippen LogP contribution in [0.3, 0.4) is 0 Å². The van der Waals surface area contributed by atoms with Crippen molar-refractivity contribution in [2.75, 3.05) is 13.4 Å². The van der Waals surface area contributed by atoms with E-state index in [4.69, 9.17) is 10.00 Å². The van der Waals surface area contributed by atoms with Crippen molar-refractivity contribution in [3.63, 3.8) is 0 Å². The fourth-order valence-corrected chi connectivity index (χ4v) is 3.17. The highest BCUT2D eigenvalue weighted by molar-refractivity contribution is 7.98. The van der Waals surface area contributed by atoms with Crippen molar-refractivity contribution in [2.45, 2.75) is 11.4 Å². The Bertz CT molecular complexity index is 1020. The lowest BCUT2D eigenvalue weighted by Crippen LogP contribution is -2.16. The monoisotopic (exact) mass is 364 g/mol. The Balaban J connectivity index is 2.00. The summed E-state index contributed by atoms with van der Waals surface area (Å²) in [6, 6.07) is 13.5. The van der Waals surface area contributed by atoms with Crippen molar-refractivity contribution in [3.8, 4) is 23.1 Å². The zero-order valence-electron chi connectivity index (χ0n) is 14.3. The number of benzene rings is 1. The fourth-order valence-electron chi connectivity index (χ4n) is 2.62. The molecule has 2 aromatic heterocycles. The largest absolute Gasteiger partial charge is 0.481 e. The lowest BCUT2D eigenvalue weighted by Gasteiger charge is -2.10. The average molecular weight is 364 g/mol. The Morgan fingerprint density at radius 2 is 2.08 bits per heavy atom. The molecule has 0 radical (unpaired) electrons. The lowest BCUT2D eigenvalue weighted by atomic mass is 9.98. The van der Waals surface area contributed by atoms with Crippen molar-refractivity contribution in [3.05, 3.63) is 69.9 Å². The normalized spacial score (nSPS) is 10.3. The van der Waals surface area contributed by atoms with E-state index in [1.807, 2.05) is 36.4 Å². The minimum Gasteiger partial charge on any atom is -0.481 e. The van der Waals surface area contributed by atoms with Crippen LogP contribution in [0.4, 0.5) is 0 Å². The third kappa shape index (κ3) is 3.60. The van der Waals surface area contributed by atoms with Gasteiger partial charge in [0.25, 0.3) is 5.56 Å². The van der Waals surface area contributed by atoms with E-state index >= 15 is 0 Å². The Morgan fingerprint density at radius 1 is 1.27 bits per heavy atom. The van der Waals surface area contributed by atoms with Crippen LogP contribution in [-0.4, -0.2) is 28.3 Å². The van der Waals surface area contributed by atoms with Gasteiger partial charge >= 0.3 is 0 Å². The van der Waals surface area contributed by atoms with Gasteiger partial charge in [0, 0.05) is 24.2 Å². The number of aromatic nitrogens is 3. The molecule has 0 fully saturated rings. The number of aromatic amines is 1. The van der Waals surface area contributed by atoms with Gasteiger partial charge in [-0.3, -0.25) is 4.79 Å². The SMILES string of the molecule is COc1ccc(-c2ccccc2Cc2nc(SC)c(C#N)c(=O)[nH]2)cn1. The second-order valence-electron chi connectivity index (χ2n) is 5.43. The summed E-state index contributed by atoms with van der Waals surface area (Å²) in [5.41, 5.74) is 2.58. The highest BCUT2D eigenvalue weighted by Crippen LogP contribution is 2.26. The summed E-state index contributed by atoms with van der Waals surface area (Å²) < 4.78 is 5.10. The van der Waals surface area contributed by atoms with Gasteiger partial charge < -0.3 is 9.72 Å². The quantitative estimate of drug-likeness (QED) is 0.553. The van der Waals surface area contributed by atoms with Crippen molar-refractivity contribution < 1.29 is 4.74 Å². The van der Waals surface area contributed by atoms with Crippen LogP contribution in [0.2, 0.25) is 0 Å². The van der Waals surface area contributed by atoms with Gasteiger partial charge in [0.05, 0.1) is 7.11 Å². The zero-order chi connectivity index (χ0) is 18.5. The molecular weight excluding hydrogens is 348 g/mol. The summed E-state index contributed by atoms with van der Waals surface area (Å²) in [5, 5.41) is 9.55. The van der Waals surface area contributed by atoms with Crippen LogP contribution in [-0.2, 0) is 6.42 Å². The first-order chi connectivity index (χ1) is 12.7. The number of thioether (sulfide) groups is 1. The molecule has 1 N–H and O–H groups in total. The number of nitrogens with one attached hydrogen (secondary N) is 1. The molecule has 0 spiro atoms. The standard InChI is InChI=1S/C19H16N4O2S/c1-25-17-8-7-13(11-21-17)14-6-4-3-5-12(14)9-16-22-18(24)15(10-20)19(23-16)26-2/h3-8,11H,9H2,1-2H3,(H,22,23,24). The zero-order valence-corrected chi connectivity index (χ0v) is 15.1. The minimum atomic E-state index is -0.412. The highest BCUT2D eigenvalue weighted by Gasteiger charge is 2.13. The summed E-state index contributed by atoms with van der Waals surface area (Å²) in [7, 11) is 1.58. The molecule has 0 unspecified atom stereocenters. The lowest BCUT2D eigenvalue weighted by molar-refractivity contribution is 0.398. The molecule has 0 saturated carbocycles. The Labute approximate surface area is 154 Å². The van der Waals surface area contributed by atoms with Crippen molar-refractivity contribution >= 4 is 11.8 Å². The number of ether oxygens (including phenoxy) is 1. The highest BCUT2D eigenvalue weighted by atomic mass is 32.2. The van der Waals surface area contributed by atoms with Crippen molar-refractivity contribution in [1.29, 1.82) is 5.26 Å². The molecular formula is C19H16N4O2S.